The first-order chi connectivity index (χ1) is 8.74. The summed E-state index contributed by atoms with van der Waals surface area (Å²) in [6, 6.07) is 4.75. The van der Waals surface area contributed by atoms with Gasteiger partial charge in [-0.2, -0.15) is 4.39 Å². The first-order valence-electron chi connectivity index (χ1n) is 5.70. The molecule has 0 saturated heterocycles. The lowest BCUT2D eigenvalue weighted by molar-refractivity contribution is 0.0735. The molecule has 1 aliphatic heterocycles. The van der Waals surface area contributed by atoms with Gasteiger partial charge in [-0.15, -0.1) is 11.3 Å². The fourth-order valence-corrected chi connectivity index (χ4v) is 3.00. The SMILES string of the molecule is O=C(c1ccc(F)nc1)N1CCc2sccc2C1. The monoisotopic (exact) mass is 262 g/mol. The number of aromatic nitrogens is 1. The number of rotatable bonds is 1. The maximum Gasteiger partial charge on any atom is 0.255 e. The van der Waals surface area contributed by atoms with Gasteiger partial charge >= 0.3 is 0 Å². The highest BCUT2D eigenvalue weighted by molar-refractivity contribution is 7.10. The number of carbonyl (C=O) groups excluding carboxylic acids is 1. The summed E-state index contributed by atoms with van der Waals surface area (Å²) in [6.45, 7) is 1.35. The quantitative estimate of drug-likeness (QED) is 0.740. The predicted octanol–water partition coefficient (Wildman–Crippen LogP) is 2.48. The van der Waals surface area contributed by atoms with Crippen LogP contribution in [0.3, 0.4) is 0 Å². The molecule has 3 heterocycles. The molecule has 0 atom stereocenters. The summed E-state index contributed by atoms with van der Waals surface area (Å²) in [6.07, 6.45) is 2.19. The van der Waals surface area contributed by atoms with E-state index in [-0.39, 0.29) is 5.91 Å². The molecule has 0 N–H and O–H groups in total. The third-order valence-corrected chi connectivity index (χ3v) is 4.09. The van der Waals surface area contributed by atoms with Gasteiger partial charge in [-0.05, 0) is 35.6 Å². The summed E-state index contributed by atoms with van der Waals surface area (Å²) in [4.78, 5) is 18.9. The van der Waals surface area contributed by atoms with Crippen LogP contribution in [0.25, 0.3) is 0 Å². The molecule has 3 rings (SSSR count). The average molecular weight is 262 g/mol. The fraction of sp³-hybridized carbons (Fsp3) is 0.231. The lowest BCUT2D eigenvalue weighted by Gasteiger charge is -2.26. The van der Waals surface area contributed by atoms with Crippen molar-refractivity contribution in [1.82, 2.24) is 9.88 Å². The van der Waals surface area contributed by atoms with Crippen molar-refractivity contribution in [2.75, 3.05) is 6.54 Å². The number of nitrogens with zero attached hydrogens (tertiary/aromatic N) is 2. The average Bonchev–Trinajstić information content (AvgIpc) is 2.86. The predicted molar refractivity (Wildman–Crippen MR) is 67.0 cm³/mol. The highest BCUT2D eigenvalue weighted by Gasteiger charge is 2.22. The van der Waals surface area contributed by atoms with Gasteiger partial charge in [0.05, 0.1) is 5.56 Å². The van der Waals surface area contributed by atoms with Crippen LogP contribution in [0.2, 0.25) is 0 Å². The number of carbonyl (C=O) groups is 1. The van der Waals surface area contributed by atoms with Crippen molar-refractivity contribution in [2.24, 2.45) is 0 Å². The van der Waals surface area contributed by atoms with E-state index >= 15 is 0 Å². The van der Waals surface area contributed by atoms with Crippen LogP contribution in [0.5, 0.6) is 0 Å². The number of hydrogen-bond donors (Lipinski definition) is 0. The van der Waals surface area contributed by atoms with Crippen LogP contribution in [-0.4, -0.2) is 22.3 Å². The van der Waals surface area contributed by atoms with Crippen molar-refractivity contribution < 1.29 is 9.18 Å². The Kier molecular flexibility index (Phi) is 2.83. The van der Waals surface area contributed by atoms with Crippen LogP contribution >= 0.6 is 11.3 Å². The molecular weight excluding hydrogens is 251 g/mol. The third-order valence-electron chi connectivity index (χ3n) is 3.07. The summed E-state index contributed by atoms with van der Waals surface area (Å²) in [5.74, 6) is -0.648. The molecule has 0 fully saturated rings. The molecule has 5 heteroatoms. The van der Waals surface area contributed by atoms with E-state index < -0.39 is 5.95 Å². The largest absolute Gasteiger partial charge is 0.334 e. The molecule has 18 heavy (non-hydrogen) atoms. The molecule has 2 aromatic heterocycles. The Labute approximate surface area is 108 Å². The summed E-state index contributed by atoms with van der Waals surface area (Å²) >= 11 is 1.74. The number of hydrogen-bond acceptors (Lipinski definition) is 3. The van der Waals surface area contributed by atoms with Crippen LogP contribution in [0.4, 0.5) is 4.39 Å². The smallest absolute Gasteiger partial charge is 0.255 e. The van der Waals surface area contributed by atoms with E-state index in [2.05, 4.69) is 16.4 Å². The molecule has 3 nitrogen and oxygen atoms in total. The van der Waals surface area contributed by atoms with E-state index in [4.69, 9.17) is 0 Å². The lowest BCUT2D eigenvalue weighted by atomic mass is 10.1. The van der Waals surface area contributed by atoms with Crippen molar-refractivity contribution in [3.8, 4) is 0 Å². The van der Waals surface area contributed by atoms with E-state index in [0.29, 0.717) is 18.7 Å². The molecule has 1 amide bonds. The van der Waals surface area contributed by atoms with Crippen molar-refractivity contribution in [3.63, 3.8) is 0 Å². The molecule has 0 spiro atoms. The first kappa shape index (κ1) is 11.3. The second kappa shape index (κ2) is 4.49. The van der Waals surface area contributed by atoms with E-state index in [1.807, 2.05) is 0 Å². The molecule has 92 valence electrons. The number of amides is 1. The van der Waals surface area contributed by atoms with E-state index in [0.717, 1.165) is 6.42 Å². The Balaban J connectivity index is 1.80. The third kappa shape index (κ3) is 2.01. The van der Waals surface area contributed by atoms with Crippen molar-refractivity contribution >= 4 is 17.2 Å². The number of thiophene rings is 1. The Bertz CT molecular complexity index is 579. The number of pyridine rings is 1. The summed E-state index contributed by atoms with van der Waals surface area (Å²) in [7, 11) is 0. The zero-order valence-electron chi connectivity index (χ0n) is 9.60. The lowest BCUT2D eigenvalue weighted by Crippen LogP contribution is -2.35. The molecule has 0 aromatic carbocycles. The zero-order chi connectivity index (χ0) is 12.5. The van der Waals surface area contributed by atoms with Crippen LogP contribution in [0.1, 0.15) is 20.8 Å². The minimum absolute atomic E-state index is 0.0839. The maximum atomic E-state index is 12.7. The Morgan fingerprint density at radius 1 is 1.39 bits per heavy atom. The molecule has 0 radical (unpaired) electrons. The molecular formula is C13H11FN2OS. The molecule has 0 bridgehead atoms. The topological polar surface area (TPSA) is 33.2 Å². The summed E-state index contributed by atoms with van der Waals surface area (Å²) < 4.78 is 12.7. The second-order valence-electron chi connectivity index (χ2n) is 4.22. The highest BCUT2D eigenvalue weighted by Crippen LogP contribution is 2.24. The molecule has 0 aliphatic carbocycles. The first-order valence-corrected chi connectivity index (χ1v) is 6.58. The standard InChI is InChI=1S/C13H11FN2OS/c14-12-2-1-9(7-15-12)13(17)16-5-3-11-10(8-16)4-6-18-11/h1-2,4,6-7H,3,5,8H2. The van der Waals surface area contributed by atoms with Gasteiger partial charge in [0.25, 0.3) is 5.91 Å². The fourth-order valence-electron chi connectivity index (χ4n) is 2.11. The Morgan fingerprint density at radius 3 is 3.06 bits per heavy atom. The normalized spacial score (nSPS) is 14.4. The van der Waals surface area contributed by atoms with E-state index in [9.17, 15) is 9.18 Å². The minimum Gasteiger partial charge on any atom is -0.334 e. The molecule has 2 aromatic rings. The van der Waals surface area contributed by atoms with Crippen LogP contribution < -0.4 is 0 Å². The van der Waals surface area contributed by atoms with Gasteiger partial charge in [0, 0.05) is 24.2 Å². The van der Waals surface area contributed by atoms with Gasteiger partial charge in [-0.3, -0.25) is 4.79 Å². The van der Waals surface area contributed by atoms with Gasteiger partial charge in [-0.25, -0.2) is 4.98 Å². The summed E-state index contributed by atoms with van der Waals surface area (Å²) in [5, 5.41) is 2.05. The van der Waals surface area contributed by atoms with E-state index in [1.165, 1.54) is 28.8 Å². The summed E-state index contributed by atoms with van der Waals surface area (Å²) in [5.41, 5.74) is 1.66. The second-order valence-corrected chi connectivity index (χ2v) is 5.22. The maximum absolute atomic E-state index is 12.7. The van der Waals surface area contributed by atoms with Gasteiger partial charge in [-0.1, -0.05) is 0 Å². The molecule has 0 saturated carbocycles. The zero-order valence-corrected chi connectivity index (χ0v) is 10.4. The molecule has 1 aliphatic rings. The van der Waals surface area contributed by atoms with E-state index in [1.54, 1.807) is 16.2 Å². The van der Waals surface area contributed by atoms with Gasteiger partial charge in [0.15, 0.2) is 0 Å². The number of halogens is 1. The van der Waals surface area contributed by atoms with Crippen LogP contribution in [-0.2, 0) is 13.0 Å². The van der Waals surface area contributed by atoms with Gasteiger partial charge < -0.3 is 4.90 Å². The number of fused-ring (bicyclic) bond motifs is 1. The van der Waals surface area contributed by atoms with Crippen LogP contribution in [0, 0.1) is 5.95 Å². The van der Waals surface area contributed by atoms with Crippen LogP contribution in [0.15, 0.2) is 29.8 Å². The van der Waals surface area contributed by atoms with Crippen molar-refractivity contribution in [2.45, 2.75) is 13.0 Å². The Hall–Kier alpha value is -1.75. The highest BCUT2D eigenvalue weighted by atomic mass is 32.1. The minimum atomic E-state index is -0.565. The van der Waals surface area contributed by atoms with Gasteiger partial charge in [0.2, 0.25) is 5.95 Å². The van der Waals surface area contributed by atoms with Crippen molar-refractivity contribution in [1.29, 1.82) is 0 Å². The Morgan fingerprint density at radius 2 is 2.28 bits per heavy atom. The molecule has 0 unspecified atom stereocenters. The van der Waals surface area contributed by atoms with Crippen molar-refractivity contribution in [3.05, 3.63) is 51.7 Å². The van der Waals surface area contributed by atoms with Gasteiger partial charge in [0.1, 0.15) is 0 Å².